The number of rotatable bonds is 6. The Morgan fingerprint density at radius 1 is 1.13 bits per heavy atom. The summed E-state index contributed by atoms with van der Waals surface area (Å²) in [5.41, 5.74) is 11.5. The van der Waals surface area contributed by atoms with Crippen molar-refractivity contribution < 1.29 is 9.90 Å². The van der Waals surface area contributed by atoms with E-state index < -0.39 is 0 Å². The van der Waals surface area contributed by atoms with E-state index >= 15 is 0 Å². The van der Waals surface area contributed by atoms with Gasteiger partial charge in [-0.25, -0.2) is 14.8 Å². The normalized spacial score (nSPS) is 10.9. The smallest absolute Gasteiger partial charge is 0.326 e. The van der Waals surface area contributed by atoms with Gasteiger partial charge in [-0.1, -0.05) is 24.3 Å². The number of aliphatic hydroxyl groups excluding tert-OH is 1. The third-order valence-electron chi connectivity index (χ3n) is 5.11. The number of aliphatic hydroxyl groups is 1. The van der Waals surface area contributed by atoms with Gasteiger partial charge in [0.05, 0.1) is 12.3 Å². The number of hydrogen-bond donors (Lipinski definition) is 4. The van der Waals surface area contributed by atoms with Crippen LogP contribution in [0.5, 0.6) is 0 Å². The van der Waals surface area contributed by atoms with Gasteiger partial charge < -0.3 is 21.1 Å². The lowest BCUT2D eigenvalue weighted by atomic mass is 10.1. The highest BCUT2D eigenvalue weighted by molar-refractivity contribution is 6.02. The topological polar surface area (TPSA) is 120 Å². The fraction of sp³-hybridized carbons (Fsp3) is 0.174. The Bertz CT molecular complexity index is 1190. The molecule has 31 heavy (non-hydrogen) atoms. The maximum Gasteiger partial charge on any atom is 0.326 e. The summed E-state index contributed by atoms with van der Waals surface area (Å²) in [7, 11) is 0. The minimum Gasteiger partial charge on any atom is -0.392 e. The van der Waals surface area contributed by atoms with Crippen molar-refractivity contribution in [1.82, 2.24) is 15.0 Å². The van der Waals surface area contributed by atoms with Crippen molar-refractivity contribution in [3.63, 3.8) is 0 Å². The van der Waals surface area contributed by atoms with Crippen molar-refractivity contribution in [2.45, 2.75) is 13.5 Å². The summed E-state index contributed by atoms with van der Waals surface area (Å²) in [6.45, 7) is 2.66. The summed E-state index contributed by atoms with van der Waals surface area (Å²) in [4.78, 5) is 26.3. The number of amides is 2. The van der Waals surface area contributed by atoms with Gasteiger partial charge in [-0.2, -0.15) is 0 Å². The van der Waals surface area contributed by atoms with Gasteiger partial charge in [0.2, 0.25) is 0 Å². The molecule has 0 aliphatic heterocycles. The summed E-state index contributed by atoms with van der Waals surface area (Å²) >= 11 is 0. The van der Waals surface area contributed by atoms with E-state index in [1.54, 1.807) is 29.2 Å². The van der Waals surface area contributed by atoms with Crippen LogP contribution in [0, 0.1) is 6.92 Å². The molecule has 0 radical (unpaired) electrons. The zero-order valence-corrected chi connectivity index (χ0v) is 17.2. The Balaban J connectivity index is 1.54. The number of aromatic amines is 1. The SMILES string of the molecule is Cc1c[nH]c2ncnc(-c3ccc(NC(=O)N(CCN)c4ccc(CO)cc4)cc3)c12. The lowest BCUT2D eigenvalue weighted by molar-refractivity contribution is 0.257. The second-order valence-electron chi connectivity index (χ2n) is 7.19. The van der Waals surface area contributed by atoms with Crippen LogP contribution in [-0.2, 0) is 6.61 Å². The molecule has 2 aromatic carbocycles. The van der Waals surface area contributed by atoms with Gasteiger partial charge in [0.25, 0.3) is 0 Å². The molecule has 0 saturated carbocycles. The molecule has 158 valence electrons. The van der Waals surface area contributed by atoms with Crippen LogP contribution in [-0.4, -0.2) is 39.2 Å². The van der Waals surface area contributed by atoms with Gasteiger partial charge in [0.15, 0.2) is 0 Å². The summed E-state index contributed by atoms with van der Waals surface area (Å²) < 4.78 is 0. The number of nitrogens with one attached hydrogen (secondary N) is 2. The summed E-state index contributed by atoms with van der Waals surface area (Å²) in [5.74, 6) is 0. The fourth-order valence-electron chi connectivity index (χ4n) is 3.50. The Morgan fingerprint density at radius 2 is 1.87 bits per heavy atom. The van der Waals surface area contributed by atoms with E-state index in [0.29, 0.717) is 24.5 Å². The van der Waals surface area contributed by atoms with Crippen LogP contribution in [0.4, 0.5) is 16.2 Å². The van der Waals surface area contributed by atoms with Crippen LogP contribution in [0.2, 0.25) is 0 Å². The maximum atomic E-state index is 12.9. The molecule has 2 aromatic heterocycles. The second kappa shape index (κ2) is 8.95. The van der Waals surface area contributed by atoms with E-state index in [1.165, 1.54) is 6.33 Å². The Kier molecular flexibility index (Phi) is 5.92. The van der Waals surface area contributed by atoms with Crippen molar-refractivity contribution in [1.29, 1.82) is 0 Å². The highest BCUT2D eigenvalue weighted by Gasteiger charge is 2.16. The number of aryl methyl sites for hydroxylation is 1. The van der Waals surface area contributed by atoms with E-state index in [-0.39, 0.29) is 12.6 Å². The van der Waals surface area contributed by atoms with Crippen molar-refractivity contribution in [2.24, 2.45) is 5.73 Å². The largest absolute Gasteiger partial charge is 0.392 e. The van der Waals surface area contributed by atoms with Gasteiger partial charge in [0.1, 0.15) is 12.0 Å². The molecule has 0 spiro atoms. The molecule has 4 aromatic rings. The van der Waals surface area contributed by atoms with Crippen LogP contribution >= 0.6 is 0 Å². The molecule has 0 aliphatic rings. The molecule has 0 unspecified atom stereocenters. The number of fused-ring (bicyclic) bond motifs is 1. The maximum absolute atomic E-state index is 12.9. The number of benzene rings is 2. The predicted molar refractivity (Wildman–Crippen MR) is 122 cm³/mol. The third kappa shape index (κ3) is 4.25. The zero-order valence-electron chi connectivity index (χ0n) is 17.2. The summed E-state index contributed by atoms with van der Waals surface area (Å²) in [6.07, 6.45) is 3.45. The first-order chi connectivity index (χ1) is 15.1. The molecule has 0 atom stereocenters. The molecule has 2 heterocycles. The van der Waals surface area contributed by atoms with Crippen LogP contribution in [0.1, 0.15) is 11.1 Å². The molecule has 5 N–H and O–H groups in total. The van der Waals surface area contributed by atoms with Gasteiger partial charge in [-0.15, -0.1) is 0 Å². The molecular formula is C23H24N6O2. The molecule has 2 amide bonds. The number of H-pyrrole nitrogens is 1. The first kappa shape index (κ1) is 20.5. The van der Waals surface area contributed by atoms with E-state index in [4.69, 9.17) is 5.73 Å². The van der Waals surface area contributed by atoms with E-state index in [2.05, 4.69) is 20.3 Å². The van der Waals surface area contributed by atoms with E-state index in [0.717, 1.165) is 33.4 Å². The zero-order chi connectivity index (χ0) is 21.8. The van der Waals surface area contributed by atoms with Crippen molar-refractivity contribution >= 4 is 28.4 Å². The van der Waals surface area contributed by atoms with E-state index in [9.17, 15) is 9.90 Å². The fourth-order valence-corrected chi connectivity index (χ4v) is 3.50. The summed E-state index contributed by atoms with van der Waals surface area (Å²) in [6, 6.07) is 14.4. The summed E-state index contributed by atoms with van der Waals surface area (Å²) in [5, 5.41) is 13.1. The molecule has 4 rings (SSSR count). The van der Waals surface area contributed by atoms with Crippen molar-refractivity contribution in [3.05, 3.63) is 72.2 Å². The first-order valence-corrected chi connectivity index (χ1v) is 9.98. The molecule has 0 saturated heterocycles. The van der Waals surface area contributed by atoms with Crippen LogP contribution in [0.25, 0.3) is 22.3 Å². The highest BCUT2D eigenvalue weighted by Crippen LogP contribution is 2.28. The van der Waals surface area contributed by atoms with Gasteiger partial charge in [-0.3, -0.25) is 4.90 Å². The Morgan fingerprint density at radius 3 is 2.55 bits per heavy atom. The van der Waals surface area contributed by atoms with Crippen molar-refractivity contribution in [2.75, 3.05) is 23.3 Å². The minimum absolute atomic E-state index is 0.0450. The standard InChI is InChI=1S/C23H24N6O2/c1-15-12-25-22-20(15)21(26-14-27-22)17-4-6-18(7-5-17)28-23(31)29(11-10-24)19-8-2-16(13-30)3-9-19/h2-9,12,14,30H,10-11,13,24H2,1H3,(H,28,31)(H,25,26,27). The molecule has 8 nitrogen and oxygen atoms in total. The Hall–Kier alpha value is -3.75. The lowest BCUT2D eigenvalue weighted by Crippen LogP contribution is -2.38. The molecule has 0 bridgehead atoms. The van der Waals surface area contributed by atoms with Gasteiger partial charge in [0, 0.05) is 41.6 Å². The monoisotopic (exact) mass is 416 g/mol. The Labute approximate surface area is 179 Å². The quantitative estimate of drug-likeness (QED) is 0.384. The van der Waals surface area contributed by atoms with Crippen LogP contribution in [0.15, 0.2) is 61.1 Å². The average molecular weight is 416 g/mol. The number of urea groups is 1. The van der Waals surface area contributed by atoms with Crippen LogP contribution in [0.3, 0.4) is 0 Å². The lowest BCUT2D eigenvalue weighted by Gasteiger charge is -2.23. The van der Waals surface area contributed by atoms with Gasteiger partial charge >= 0.3 is 6.03 Å². The predicted octanol–water partition coefficient (Wildman–Crippen LogP) is 3.42. The molecular weight excluding hydrogens is 392 g/mol. The average Bonchev–Trinajstić information content (AvgIpc) is 3.19. The molecule has 0 fully saturated rings. The van der Waals surface area contributed by atoms with Gasteiger partial charge in [-0.05, 0) is 42.3 Å². The molecule has 8 heteroatoms. The number of carbonyl (C=O) groups is 1. The molecule has 0 aliphatic carbocycles. The number of aromatic nitrogens is 3. The number of carbonyl (C=O) groups excluding carboxylic acids is 1. The van der Waals surface area contributed by atoms with Crippen molar-refractivity contribution in [3.8, 4) is 11.3 Å². The first-order valence-electron chi connectivity index (χ1n) is 9.98. The number of nitrogens with zero attached hydrogens (tertiary/aromatic N) is 3. The highest BCUT2D eigenvalue weighted by atomic mass is 16.3. The second-order valence-corrected chi connectivity index (χ2v) is 7.19. The van der Waals surface area contributed by atoms with Crippen LogP contribution < -0.4 is 16.0 Å². The van der Waals surface area contributed by atoms with E-state index in [1.807, 2.05) is 37.4 Å². The number of nitrogens with two attached hydrogens (primary N) is 1. The third-order valence-corrected chi connectivity index (χ3v) is 5.11. The number of anilines is 2. The number of hydrogen-bond acceptors (Lipinski definition) is 5. The minimum atomic E-state index is -0.277.